The van der Waals surface area contributed by atoms with E-state index in [0.717, 1.165) is 34.2 Å². The topological polar surface area (TPSA) is 137 Å². The molecule has 1 amide bonds. The van der Waals surface area contributed by atoms with Crippen LogP contribution in [0.1, 0.15) is 27.0 Å². The molecule has 0 saturated heterocycles. The second kappa shape index (κ2) is 10.5. The Morgan fingerprint density at radius 1 is 1.03 bits per heavy atom. The van der Waals surface area contributed by atoms with Crippen LogP contribution in [0.25, 0.3) is 22.2 Å². The molecule has 2 aromatic carbocycles. The largest absolute Gasteiger partial charge is 0.384 e. The van der Waals surface area contributed by atoms with Crippen LogP contribution in [-0.4, -0.2) is 38.0 Å². The van der Waals surface area contributed by atoms with Gasteiger partial charge in [0.1, 0.15) is 17.7 Å². The van der Waals surface area contributed by atoms with Crippen LogP contribution in [0.2, 0.25) is 0 Å². The molecule has 0 saturated carbocycles. The Bertz CT molecular complexity index is 1730. The summed E-state index contributed by atoms with van der Waals surface area (Å²) < 4.78 is 26.9. The number of hydrogen-bond acceptors (Lipinski definition) is 7. The van der Waals surface area contributed by atoms with Crippen molar-refractivity contribution in [2.75, 3.05) is 18.1 Å². The van der Waals surface area contributed by atoms with E-state index in [1.165, 1.54) is 30.3 Å². The normalized spacial score (nSPS) is 10.8. The number of nitrogens with two attached hydrogens (primary N) is 1. The summed E-state index contributed by atoms with van der Waals surface area (Å²) in [7, 11) is 1.54. The molecular weight excluding hydrogens is 502 g/mol. The summed E-state index contributed by atoms with van der Waals surface area (Å²) >= 11 is 0. The van der Waals surface area contributed by atoms with Gasteiger partial charge in [-0.25, -0.2) is 18.7 Å². The third kappa shape index (κ3) is 5.35. The van der Waals surface area contributed by atoms with Crippen molar-refractivity contribution in [3.63, 3.8) is 0 Å². The summed E-state index contributed by atoms with van der Waals surface area (Å²) in [6.07, 6.45) is 3.10. The lowest BCUT2D eigenvalue weighted by molar-refractivity contribution is 0.0785. The minimum Gasteiger partial charge on any atom is -0.384 e. The third-order valence-electron chi connectivity index (χ3n) is 6.18. The predicted molar refractivity (Wildman–Crippen MR) is 142 cm³/mol. The number of amides is 1. The van der Waals surface area contributed by atoms with E-state index in [2.05, 4.69) is 25.5 Å². The first kappa shape index (κ1) is 25.3. The van der Waals surface area contributed by atoms with Crippen molar-refractivity contribution in [3.05, 3.63) is 101 Å². The number of aromatic amines is 1. The number of nitrogens with one attached hydrogen (secondary N) is 2. The second-order valence-corrected chi connectivity index (χ2v) is 8.92. The number of pyridine rings is 2. The van der Waals surface area contributed by atoms with Gasteiger partial charge in [-0.3, -0.25) is 9.89 Å². The molecule has 5 rings (SSSR count). The highest BCUT2D eigenvalue weighted by molar-refractivity contribution is 5.99. The number of nitrogen functional groups attached to an aromatic ring is 1. The van der Waals surface area contributed by atoms with Crippen LogP contribution in [0.5, 0.6) is 0 Å². The first-order chi connectivity index (χ1) is 18.8. The number of carbonyl (C=O) groups is 1. The number of anilines is 2. The Morgan fingerprint density at radius 3 is 2.54 bits per heavy atom. The van der Waals surface area contributed by atoms with Gasteiger partial charge in [-0.1, -0.05) is 30.3 Å². The Hall–Kier alpha value is -5.37. The molecule has 0 fully saturated rings. The standard InChI is InChI=1S/C28H22F2N8O/c1-38(15-17-4-7-23(29)24(30)9-17)28(39)22-8-18(11-31)13-34-26(22)33-12-16-2-5-19(6-3-16)20-10-21-25(32)36-37-27(21)35-14-20/h2-10,13-14H,12,15H2,1H3,(H,33,34)(H3,32,35,36,37). The summed E-state index contributed by atoms with van der Waals surface area (Å²) in [5, 5.41) is 20.0. The third-order valence-corrected chi connectivity index (χ3v) is 6.18. The van der Waals surface area contributed by atoms with E-state index in [-0.39, 0.29) is 17.7 Å². The molecule has 3 heterocycles. The maximum atomic E-state index is 13.6. The number of nitrogens with zero attached hydrogens (tertiary/aromatic N) is 5. The fourth-order valence-electron chi connectivity index (χ4n) is 4.10. The molecule has 0 unspecified atom stereocenters. The molecule has 0 bridgehead atoms. The Labute approximate surface area is 221 Å². The molecular formula is C28H22F2N8O. The Balaban J connectivity index is 1.31. The van der Waals surface area contributed by atoms with Crippen molar-refractivity contribution >= 4 is 28.6 Å². The van der Waals surface area contributed by atoms with Crippen molar-refractivity contribution in [1.29, 1.82) is 5.26 Å². The lowest BCUT2D eigenvalue weighted by atomic mass is 10.0. The van der Waals surface area contributed by atoms with Crippen molar-refractivity contribution < 1.29 is 13.6 Å². The molecule has 4 N–H and O–H groups in total. The SMILES string of the molecule is CN(Cc1ccc(F)c(F)c1)C(=O)c1cc(C#N)cnc1NCc1ccc(-c2cnc3n[nH]c(N)c3c2)cc1. The van der Waals surface area contributed by atoms with E-state index in [4.69, 9.17) is 5.73 Å². The van der Waals surface area contributed by atoms with E-state index < -0.39 is 17.5 Å². The first-order valence-corrected chi connectivity index (χ1v) is 11.8. The minimum absolute atomic E-state index is 0.0405. The van der Waals surface area contributed by atoms with Crippen LogP contribution in [0.15, 0.2) is 67.0 Å². The van der Waals surface area contributed by atoms with Gasteiger partial charge in [0.05, 0.1) is 16.5 Å². The average Bonchev–Trinajstić information content (AvgIpc) is 3.33. The molecule has 194 valence electrons. The van der Waals surface area contributed by atoms with Crippen LogP contribution < -0.4 is 11.1 Å². The number of H-pyrrole nitrogens is 1. The van der Waals surface area contributed by atoms with Gasteiger partial charge in [-0.15, -0.1) is 0 Å². The zero-order chi connectivity index (χ0) is 27.5. The smallest absolute Gasteiger partial charge is 0.257 e. The summed E-state index contributed by atoms with van der Waals surface area (Å²) in [6.45, 7) is 0.400. The number of benzene rings is 2. The number of carbonyl (C=O) groups excluding carboxylic acids is 1. The molecule has 5 aromatic rings. The summed E-state index contributed by atoms with van der Waals surface area (Å²) in [5.74, 6) is -1.62. The van der Waals surface area contributed by atoms with E-state index in [1.807, 2.05) is 36.4 Å². The number of hydrogen-bond donors (Lipinski definition) is 3. The molecule has 0 aliphatic heterocycles. The molecule has 3 aromatic heterocycles. The zero-order valence-electron chi connectivity index (χ0n) is 20.7. The molecule has 0 aliphatic carbocycles. The molecule has 0 aliphatic rings. The van der Waals surface area contributed by atoms with Crippen molar-refractivity contribution in [2.45, 2.75) is 13.1 Å². The summed E-state index contributed by atoms with van der Waals surface area (Å²) in [5.41, 5.74) is 10.1. The first-order valence-electron chi connectivity index (χ1n) is 11.8. The van der Waals surface area contributed by atoms with Crippen LogP contribution in [0.4, 0.5) is 20.4 Å². The molecule has 39 heavy (non-hydrogen) atoms. The highest BCUT2D eigenvalue weighted by Gasteiger charge is 2.19. The van der Waals surface area contributed by atoms with E-state index in [9.17, 15) is 18.8 Å². The molecule has 0 radical (unpaired) electrons. The van der Waals surface area contributed by atoms with Gasteiger partial charge in [0, 0.05) is 38.1 Å². The maximum absolute atomic E-state index is 13.6. The van der Waals surface area contributed by atoms with Gasteiger partial charge in [-0.2, -0.15) is 10.4 Å². The van der Waals surface area contributed by atoms with Gasteiger partial charge in [0.2, 0.25) is 0 Å². The highest BCUT2D eigenvalue weighted by atomic mass is 19.2. The molecule has 11 heteroatoms. The fourth-order valence-corrected chi connectivity index (χ4v) is 4.10. The Kier molecular flexibility index (Phi) is 6.84. The van der Waals surface area contributed by atoms with Gasteiger partial charge in [0.15, 0.2) is 17.3 Å². The summed E-state index contributed by atoms with van der Waals surface area (Å²) in [4.78, 5) is 23.2. The quantitative estimate of drug-likeness (QED) is 0.282. The van der Waals surface area contributed by atoms with Crippen LogP contribution in [-0.2, 0) is 13.1 Å². The van der Waals surface area contributed by atoms with Gasteiger partial charge in [-0.05, 0) is 41.0 Å². The lowest BCUT2D eigenvalue weighted by Crippen LogP contribution is -2.27. The van der Waals surface area contributed by atoms with E-state index >= 15 is 0 Å². The number of fused-ring (bicyclic) bond motifs is 1. The van der Waals surface area contributed by atoms with E-state index in [0.29, 0.717) is 29.4 Å². The summed E-state index contributed by atoms with van der Waals surface area (Å²) in [6, 6.07) is 16.6. The van der Waals surface area contributed by atoms with Crippen LogP contribution in [0, 0.1) is 23.0 Å². The maximum Gasteiger partial charge on any atom is 0.257 e. The minimum atomic E-state index is -0.989. The van der Waals surface area contributed by atoms with Crippen molar-refractivity contribution in [3.8, 4) is 17.2 Å². The van der Waals surface area contributed by atoms with Crippen LogP contribution >= 0.6 is 0 Å². The van der Waals surface area contributed by atoms with Gasteiger partial charge in [0.25, 0.3) is 5.91 Å². The van der Waals surface area contributed by atoms with Gasteiger partial charge >= 0.3 is 0 Å². The Morgan fingerprint density at radius 2 is 1.79 bits per heavy atom. The fraction of sp³-hybridized carbons (Fsp3) is 0.107. The monoisotopic (exact) mass is 524 g/mol. The number of nitriles is 1. The van der Waals surface area contributed by atoms with Crippen molar-refractivity contribution in [2.24, 2.45) is 0 Å². The average molecular weight is 525 g/mol. The molecule has 0 spiro atoms. The van der Waals surface area contributed by atoms with Gasteiger partial charge < -0.3 is 16.0 Å². The highest BCUT2D eigenvalue weighted by Crippen LogP contribution is 2.25. The molecule has 9 nitrogen and oxygen atoms in total. The lowest BCUT2D eigenvalue weighted by Gasteiger charge is -2.19. The number of aromatic nitrogens is 4. The van der Waals surface area contributed by atoms with Crippen molar-refractivity contribution in [1.82, 2.24) is 25.1 Å². The van der Waals surface area contributed by atoms with E-state index in [1.54, 1.807) is 6.20 Å². The predicted octanol–water partition coefficient (Wildman–Crippen LogP) is 4.64. The zero-order valence-corrected chi connectivity index (χ0v) is 20.7. The van der Waals surface area contributed by atoms with Crippen LogP contribution in [0.3, 0.4) is 0 Å². The number of rotatable bonds is 7. The second-order valence-electron chi connectivity index (χ2n) is 8.92. The number of halogens is 2. The molecule has 0 atom stereocenters.